The van der Waals surface area contributed by atoms with Gasteiger partial charge in [0, 0.05) is 12.1 Å². The van der Waals surface area contributed by atoms with E-state index in [1.165, 1.54) is 11.1 Å². The number of ether oxygens (including phenoxy) is 1. The Hall–Kier alpha value is -1.10. The van der Waals surface area contributed by atoms with Crippen molar-refractivity contribution in [2.24, 2.45) is 5.84 Å². The molecule has 4 heteroatoms. The SMILES string of the molecule is COc1ccc(C(C)(C)C)cc1CN(C)CNN. The summed E-state index contributed by atoms with van der Waals surface area (Å²) < 4.78 is 5.41. The van der Waals surface area contributed by atoms with E-state index in [4.69, 9.17) is 10.6 Å². The summed E-state index contributed by atoms with van der Waals surface area (Å²) in [5, 5.41) is 0. The first-order chi connectivity index (χ1) is 8.38. The molecule has 0 aromatic heterocycles. The number of hydrazine groups is 1. The van der Waals surface area contributed by atoms with Gasteiger partial charge in [-0.05, 0) is 24.1 Å². The molecule has 0 spiro atoms. The van der Waals surface area contributed by atoms with Crippen LogP contribution in [0.15, 0.2) is 18.2 Å². The standard InChI is InChI=1S/C14H25N3O/c1-14(2,3)12-6-7-13(18-5)11(8-12)9-17(4)10-16-15/h6-8,16H,9-10,15H2,1-5H3. The summed E-state index contributed by atoms with van der Waals surface area (Å²) in [6.07, 6.45) is 0. The van der Waals surface area contributed by atoms with E-state index in [9.17, 15) is 0 Å². The predicted molar refractivity (Wildman–Crippen MR) is 75.4 cm³/mol. The number of nitrogens with zero attached hydrogens (tertiary/aromatic N) is 1. The van der Waals surface area contributed by atoms with E-state index < -0.39 is 0 Å². The highest BCUT2D eigenvalue weighted by molar-refractivity contribution is 5.39. The molecule has 0 radical (unpaired) electrons. The highest BCUT2D eigenvalue weighted by atomic mass is 16.5. The molecule has 0 fully saturated rings. The van der Waals surface area contributed by atoms with Gasteiger partial charge in [-0.2, -0.15) is 0 Å². The second-order valence-corrected chi connectivity index (χ2v) is 5.65. The molecule has 0 saturated carbocycles. The highest BCUT2D eigenvalue weighted by Crippen LogP contribution is 2.28. The molecule has 0 aliphatic rings. The van der Waals surface area contributed by atoms with Crippen molar-refractivity contribution < 1.29 is 4.74 Å². The first kappa shape index (κ1) is 15.0. The van der Waals surface area contributed by atoms with Gasteiger partial charge in [-0.25, -0.2) is 5.43 Å². The van der Waals surface area contributed by atoms with E-state index in [2.05, 4.69) is 43.2 Å². The topological polar surface area (TPSA) is 50.5 Å². The van der Waals surface area contributed by atoms with Gasteiger partial charge in [0.05, 0.1) is 13.8 Å². The summed E-state index contributed by atoms with van der Waals surface area (Å²) in [5.41, 5.74) is 5.30. The Morgan fingerprint density at radius 2 is 2.00 bits per heavy atom. The third-order valence-electron chi connectivity index (χ3n) is 2.95. The molecule has 1 aromatic carbocycles. The van der Waals surface area contributed by atoms with Crippen molar-refractivity contribution in [2.75, 3.05) is 20.8 Å². The van der Waals surface area contributed by atoms with Gasteiger partial charge in [-0.1, -0.05) is 32.9 Å². The quantitative estimate of drug-likeness (QED) is 0.476. The van der Waals surface area contributed by atoms with Crippen molar-refractivity contribution in [3.63, 3.8) is 0 Å². The fourth-order valence-corrected chi connectivity index (χ4v) is 1.87. The van der Waals surface area contributed by atoms with Gasteiger partial charge >= 0.3 is 0 Å². The van der Waals surface area contributed by atoms with Gasteiger partial charge in [0.15, 0.2) is 0 Å². The average Bonchev–Trinajstić information content (AvgIpc) is 2.28. The van der Waals surface area contributed by atoms with E-state index in [-0.39, 0.29) is 5.41 Å². The van der Waals surface area contributed by atoms with Gasteiger partial charge in [-0.3, -0.25) is 10.7 Å². The summed E-state index contributed by atoms with van der Waals surface area (Å²) >= 11 is 0. The highest BCUT2D eigenvalue weighted by Gasteiger charge is 2.16. The second kappa shape index (κ2) is 6.18. The molecule has 0 aliphatic heterocycles. The minimum Gasteiger partial charge on any atom is -0.496 e. The molecule has 1 rings (SSSR count). The molecule has 18 heavy (non-hydrogen) atoms. The molecule has 0 heterocycles. The van der Waals surface area contributed by atoms with Crippen molar-refractivity contribution >= 4 is 0 Å². The van der Waals surface area contributed by atoms with E-state index in [1.807, 2.05) is 13.1 Å². The maximum absolute atomic E-state index is 5.41. The Labute approximate surface area is 110 Å². The molecule has 0 aliphatic carbocycles. The van der Waals surface area contributed by atoms with Crippen LogP contribution in [0.1, 0.15) is 31.9 Å². The average molecular weight is 251 g/mol. The van der Waals surface area contributed by atoms with Crippen molar-refractivity contribution in [3.8, 4) is 5.75 Å². The zero-order chi connectivity index (χ0) is 13.8. The third-order valence-corrected chi connectivity index (χ3v) is 2.95. The molecule has 0 bridgehead atoms. The van der Waals surface area contributed by atoms with Gasteiger partial charge in [-0.15, -0.1) is 0 Å². The minimum absolute atomic E-state index is 0.145. The van der Waals surface area contributed by atoms with Crippen LogP contribution in [-0.2, 0) is 12.0 Å². The van der Waals surface area contributed by atoms with Crippen LogP contribution < -0.4 is 16.0 Å². The van der Waals surface area contributed by atoms with Crippen LogP contribution in [0.3, 0.4) is 0 Å². The van der Waals surface area contributed by atoms with E-state index in [0.717, 1.165) is 12.3 Å². The lowest BCUT2D eigenvalue weighted by Crippen LogP contribution is -2.35. The van der Waals surface area contributed by atoms with Crippen molar-refractivity contribution in [3.05, 3.63) is 29.3 Å². The zero-order valence-corrected chi connectivity index (χ0v) is 12.1. The van der Waals surface area contributed by atoms with Crippen molar-refractivity contribution in [1.29, 1.82) is 0 Å². The van der Waals surface area contributed by atoms with E-state index >= 15 is 0 Å². The van der Waals surface area contributed by atoms with Gasteiger partial charge < -0.3 is 4.74 Å². The normalized spacial score (nSPS) is 11.9. The van der Waals surface area contributed by atoms with Crippen LogP contribution in [-0.4, -0.2) is 25.7 Å². The van der Waals surface area contributed by atoms with Gasteiger partial charge in [0.25, 0.3) is 0 Å². The summed E-state index contributed by atoms with van der Waals surface area (Å²) in [5.74, 6) is 6.25. The molecule has 0 atom stereocenters. The van der Waals surface area contributed by atoms with E-state index in [0.29, 0.717) is 6.67 Å². The third kappa shape index (κ3) is 3.98. The number of benzene rings is 1. The minimum atomic E-state index is 0.145. The largest absolute Gasteiger partial charge is 0.496 e. The molecular weight excluding hydrogens is 226 g/mol. The molecule has 102 valence electrons. The Bertz CT molecular complexity index is 385. The lowest BCUT2D eigenvalue weighted by atomic mass is 9.86. The monoisotopic (exact) mass is 251 g/mol. The first-order valence-electron chi connectivity index (χ1n) is 6.18. The Morgan fingerprint density at radius 3 is 2.50 bits per heavy atom. The Kier molecular flexibility index (Phi) is 5.14. The molecular formula is C14H25N3O. The summed E-state index contributed by atoms with van der Waals surface area (Å²) in [6.45, 7) is 8.08. The molecule has 0 saturated heterocycles. The van der Waals surface area contributed by atoms with Crippen LogP contribution in [0.4, 0.5) is 0 Å². The molecule has 0 unspecified atom stereocenters. The lowest BCUT2D eigenvalue weighted by molar-refractivity contribution is 0.294. The Balaban J connectivity index is 2.99. The number of nitrogens with two attached hydrogens (primary N) is 1. The summed E-state index contributed by atoms with van der Waals surface area (Å²) in [6, 6.07) is 6.38. The fourth-order valence-electron chi connectivity index (χ4n) is 1.87. The number of nitrogens with one attached hydrogen (secondary N) is 1. The number of methoxy groups -OCH3 is 1. The van der Waals surface area contributed by atoms with Crippen LogP contribution in [0.25, 0.3) is 0 Å². The van der Waals surface area contributed by atoms with Crippen molar-refractivity contribution in [2.45, 2.75) is 32.7 Å². The van der Waals surface area contributed by atoms with E-state index in [1.54, 1.807) is 7.11 Å². The van der Waals surface area contributed by atoms with Gasteiger partial charge in [0.1, 0.15) is 5.75 Å². The maximum Gasteiger partial charge on any atom is 0.123 e. The summed E-state index contributed by atoms with van der Waals surface area (Å²) in [4.78, 5) is 2.10. The first-order valence-corrected chi connectivity index (χ1v) is 6.18. The zero-order valence-electron chi connectivity index (χ0n) is 12.1. The molecule has 0 amide bonds. The number of hydrogen-bond donors (Lipinski definition) is 2. The van der Waals surface area contributed by atoms with Crippen LogP contribution in [0.5, 0.6) is 5.75 Å². The van der Waals surface area contributed by atoms with Crippen molar-refractivity contribution in [1.82, 2.24) is 10.3 Å². The van der Waals surface area contributed by atoms with Gasteiger partial charge in [0.2, 0.25) is 0 Å². The Morgan fingerprint density at radius 1 is 1.33 bits per heavy atom. The second-order valence-electron chi connectivity index (χ2n) is 5.65. The fraction of sp³-hybridized carbons (Fsp3) is 0.571. The smallest absolute Gasteiger partial charge is 0.123 e. The van der Waals surface area contributed by atoms with Crippen LogP contribution in [0.2, 0.25) is 0 Å². The molecule has 4 nitrogen and oxygen atoms in total. The number of hydrogen-bond acceptors (Lipinski definition) is 4. The van der Waals surface area contributed by atoms with Crippen LogP contribution in [0, 0.1) is 0 Å². The molecule has 3 N–H and O–H groups in total. The number of rotatable bonds is 5. The molecule has 1 aromatic rings. The summed E-state index contributed by atoms with van der Waals surface area (Å²) in [7, 11) is 3.72. The maximum atomic E-state index is 5.41. The lowest BCUT2D eigenvalue weighted by Gasteiger charge is -2.23. The van der Waals surface area contributed by atoms with Crippen LogP contribution >= 0.6 is 0 Å². The predicted octanol–water partition coefficient (Wildman–Crippen LogP) is 1.85.